The predicted molar refractivity (Wildman–Crippen MR) is 114 cm³/mol. The second kappa shape index (κ2) is 10.3. The number of carbonyl (C=O) groups is 2. The van der Waals surface area contributed by atoms with Crippen LogP contribution >= 0.6 is 0 Å². The number of urea groups is 1. The third-order valence-electron chi connectivity index (χ3n) is 4.24. The maximum absolute atomic E-state index is 12.0. The highest BCUT2D eigenvalue weighted by molar-refractivity contribution is 6.00. The molecule has 0 bridgehead atoms. The molecule has 0 radical (unpaired) electrons. The number of rotatable bonds is 8. The summed E-state index contributed by atoms with van der Waals surface area (Å²) in [5.74, 6) is 1.05. The standard InChI is InChI=1S/C21H24N6O4/c1-14-18(31-16-8-9-22-17(11-16)15-12-23-27(2)13-15)6-7-19(24-14)25-21(29)26-20(28)5-4-10-30-3/h6-9,11-13H,4-5,10H2,1-3H3,(H2,24,25,26,28,29). The van der Waals surface area contributed by atoms with E-state index in [2.05, 4.69) is 25.7 Å². The highest BCUT2D eigenvalue weighted by Gasteiger charge is 2.11. The van der Waals surface area contributed by atoms with Gasteiger partial charge < -0.3 is 9.47 Å². The molecule has 10 heteroatoms. The zero-order chi connectivity index (χ0) is 22.2. The predicted octanol–water partition coefficient (Wildman–Crippen LogP) is 3.05. The molecule has 0 saturated heterocycles. The SMILES string of the molecule is COCCCC(=O)NC(=O)Nc1ccc(Oc2ccnc(-c3cnn(C)c3)c2)c(C)n1. The van der Waals surface area contributed by atoms with E-state index in [0.29, 0.717) is 36.0 Å². The van der Waals surface area contributed by atoms with Crippen LogP contribution in [0.15, 0.2) is 42.9 Å². The molecular weight excluding hydrogens is 400 g/mol. The van der Waals surface area contributed by atoms with Crippen molar-refractivity contribution in [2.45, 2.75) is 19.8 Å². The lowest BCUT2D eigenvalue weighted by Crippen LogP contribution is -2.34. The van der Waals surface area contributed by atoms with E-state index < -0.39 is 6.03 Å². The monoisotopic (exact) mass is 424 g/mol. The molecule has 162 valence electrons. The normalized spacial score (nSPS) is 10.5. The number of pyridine rings is 2. The molecule has 2 N–H and O–H groups in total. The van der Waals surface area contributed by atoms with Crippen LogP contribution < -0.4 is 15.4 Å². The molecule has 0 aliphatic carbocycles. The van der Waals surface area contributed by atoms with Crippen molar-refractivity contribution in [1.82, 2.24) is 25.1 Å². The molecule has 0 atom stereocenters. The fraction of sp³-hybridized carbons (Fsp3) is 0.286. The van der Waals surface area contributed by atoms with E-state index >= 15 is 0 Å². The highest BCUT2D eigenvalue weighted by Crippen LogP contribution is 2.27. The van der Waals surface area contributed by atoms with Crippen molar-refractivity contribution in [2.75, 3.05) is 19.0 Å². The molecule has 3 heterocycles. The minimum Gasteiger partial charge on any atom is -0.455 e. The Kier molecular flexibility index (Phi) is 7.28. The second-order valence-electron chi connectivity index (χ2n) is 6.76. The molecule has 0 spiro atoms. The number of anilines is 1. The minimum atomic E-state index is -0.641. The Morgan fingerprint density at radius 2 is 2.06 bits per heavy atom. The summed E-state index contributed by atoms with van der Waals surface area (Å²) in [5.41, 5.74) is 2.19. The summed E-state index contributed by atoms with van der Waals surface area (Å²) in [6.07, 6.45) is 5.99. The van der Waals surface area contributed by atoms with Crippen molar-refractivity contribution in [1.29, 1.82) is 0 Å². The zero-order valence-corrected chi connectivity index (χ0v) is 17.6. The number of hydrogen-bond donors (Lipinski definition) is 2. The van der Waals surface area contributed by atoms with Crippen molar-refractivity contribution in [3.63, 3.8) is 0 Å². The third kappa shape index (κ3) is 6.34. The number of hydrogen-bond acceptors (Lipinski definition) is 7. The van der Waals surface area contributed by atoms with Crippen LogP contribution in [0, 0.1) is 6.92 Å². The molecule has 0 unspecified atom stereocenters. The van der Waals surface area contributed by atoms with E-state index in [-0.39, 0.29) is 12.3 Å². The molecule has 3 aromatic rings. The number of amides is 3. The van der Waals surface area contributed by atoms with Crippen LogP contribution in [0.25, 0.3) is 11.3 Å². The second-order valence-corrected chi connectivity index (χ2v) is 6.76. The van der Waals surface area contributed by atoms with Crippen molar-refractivity contribution < 1.29 is 19.1 Å². The lowest BCUT2D eigenvalue weighted by Gasteiger charge is -2.11. The van der Waals surface area contributed by atoms with Gasteiger partial charge in [0.05, 0.1) is 17.6 Å². The Morgan fingerprint density at radius 3 is 2.77 bits per heavy atom. The van der Waals surface area contributed by atoms with Gasteiger partial charge in [0.15, 0.2) is 0 Å². The number of aryl methyl sites for hydroxylation is 2. The van der Waals surface area contributed by atoms with E-state index in [0.717, 1.165) is 11.3 Å². The van der Waals surface area contributed by atoms with E-state index in [9.17, 15) is 9.59 Å². The number of ether oxygens (including phenoxy) is 2. The summed E-state index contributed by atoms with van der Waals surface area (Å²) in [7, 11) is 3.40. The van der Waals surface area contributed by atoms with Gasteiger partial charge in [-0.2, -0.15) is 5.10 Å². The van der Waals surface area contributed by atoms with Crippen molar-refractivity contribution in [2.24, 2.45) is 7.05 Å². The lowest BCUT2D eigenvalue weighted by atomic mass is 10.2. The van der Waals surface area contributed by atoms with E-state index in [1.807, 2.05) is 19.3 Å². The number of methoxy groups -OCH3 is 1. The lowest BCUT2D eigenvalue weighted by molar-refractivity contribution is -0.120. The zero-order valence-electron chi connectivity index (χ0n) is 17.6. The quantitative estimate of drug-likeness (QED) is 0.533. The summed E-state index contributed by atoms with van der Waals surface area (Å²) >= 11 is 0. The molecule has 3 amide bonds. The smallest absolute Gasteiger partial charge is 0.327 e. The van der Waals surface area contributed by atoms with Gasteiger partial charge in [-0.3, -0.25) is 25.1 Å². The first-order chi connectivity index (χ1) is 14.9. The molecule has 0 aromatic carbocycles. The molecule has 3 rings (SSSR count). The van der Waals surface area contributed by atoms with Gasteiger partial charge in [-0.1, -0.05) is 0 Å². The van der Waals surface area contributed by atoms with Gasteiger partial charge in [-0.05, 0) is 31.5 Å². The molecule has 31 heavy (non-hydrogen) atoms. The van der Waals surface area contributed by atoms with Crippen LogP contribution in [0.4, 0.5) is 10.6 Å². The fourth-order valence-electron chi connectivity index (χ4n) is 2.75. The van der Waals surface area contributed by atoms with Crippen molar-refractivity contribution in [3.8, 4) is 22.8 Å². The maximum atomic E-state index is 12.0. The Balaban J connectivity index is 1.61. The van der Waals surface area contributed by atoms with Crippen LogP contribution in [0.1, 0.15) is 18.5 Å². The minimum absolute atomic E-state index is 0.202. The Hall–Kier alpha value is -3.79. The van der Waals surface area contributed by atoms with Gasteiger partial charge in [-0.15, -0.1) is 0 Å². The first-order valence-electron chi connectivity index (χ1n) is 9.65. The van der Waals surface area contributed by atoms with Gasteiger partial charge in [0, 0.05) is 51.2 Å². The molecule has 0 aliphatic heterocycles. The number of carbonyl (C=O) groups excluding carboxylic acids is 2. The van der Waals surface area contributed by atoms with Gasteiger partial charge in [0.1, 0.15) is 17.3 Å². The van der Waals surface area contributed by atoms with Crippen LogP contribution in [0.3, 0.4) is 0 Å². The highest BCUT2D eigenvalue weighted by atomic mass is 16.5. The maximum Gasteiger partial charge on any atom is 0.327 e. The van der Waals surface area contributed by atoms with Gasteiger partial charge in [-0.25, -0.2) is 9.78 Å². The summed E-state index contributed by atoms with van der Waals surface area (Å²) < 4.78 is 12.5. The number of nitrogens with zero attached hydrogens (tertiary/aromatic N) is 4. The first kappa shape index (κ1) is 21.9. The molecular formula is C21H24N6O4. The molecule has 10 nitrogen and oxygen atoms in total. The number of aromatic nitrogens is 4. The van der Waals surface area contributed by atoms with Gasteiger partial charge >= 0.3 is 6.03 Å². The molecule has 0 fully saturated rings. The summed E-state index contributed by atoms with van der Waals surface area (Å²) in [6.45, 7) is 2.22. The summed E-state index contributed by atoms with van der Waals surface area (Å²) in [6, 6.07) is 6.21. The third-order valence-corrected chi connectivity index (χ3v) is 4.24. The summed E-state index contributed by atoms with van der Waals surface area (Å²) in [4.78, 5) is 32.3. The van der Waals surface area contributed by atoms with Crippen LogP contribution in [-0.2, 0) is 16.6 Å². The Morgan fingerprint density at radius 1 is 1.23 bits per heavy atom. The van der Waals surface area contributed by atoms with Gasteiger partial charge in [0.25, 0.3) is 0 Å². The molecule has 0 saturated carbocycles. The van der Waals surface area contributed by atoms with Crippen molar-refractivity contribution in [3.05, 3.63) is 48.5 Å². The average molecular weight is 424 g/mol. The Bertz CT molecular complexity index is 1070. The van der Waals surface area contributed by atoms with Crippen LogP contribution in [0.2, 0.25) is 0 Å². The number of nitrogens with one attached hydrogen (secondary N) is 2. The van der Waals surface area contributed by atoms with Crippen LogP contribution in [-0.4, -0.2) is 45.4 Å². The van der Waals surface area contributed by atoms with E-state index in [1.165, 1.54) is 0 Å². The van der Waals surface area contributed by atoms with Gasteiger partial charge in [0.2, 0.25) is 5.91 Å². The van der Waals surface area contributed by atoms with Crippen molar-refractivity contribution >= 4 is 17.8 Å². The van der Waals surface area contributed by atoms with E-state index in [4.69, 9.17) is 9.47 Å². The Labute approximate surface area is 179 Å². The molecule has 3 aromatic heterocycles. The first-order valence-corrected chi connectivity index (χ1v) is 9.65. The van der Waals surface area contributed by atoms with E-state index in [1.54, 1.807) is 49.3 Å². The number of imide groups is 1. The molecule has 0 aliphatic rings. The van der Waals surface area contributed by atoms with Crippen LogP contribution in [0.5, 0.6) is 11.5 Å². The largest absolute Gasteiger partial charge is 0.455 e. The topological polar surface area (TPSA) is 120 Å². The summed E-state index contributed by atoms with van der Waals surface area (Å²) in [5, 5.41) is 8.95. The average Bonchev–Trinajstić information content (AvgIpc) is 3.17. The fourth-order valence-corrected chi connectivity index (χ4v) is 2.75.